The van der Waals surface area contributed by atoms with Crippen molar-refractivity contribution < 1.29 is 14.3 Å². The van der Waals surface area contributed by atoms with E-state index >= 15 is 0 Å². The predicted octanol–water partition coefficient (Wildman–Crippen LogP) is -0.0976. The molecule has 0 aromatic carbocycles. The number of esters is 2. The summed E-state index contributed by atoms with van der Waals surface area (Å²) in [7, 11) is 1.89. The van der Waals surface area contributed by atoms with Gasteiger partial charge >= 0.3 is 11.9 Å². The normalized spacial score (nSPS) is 30.6. The fourth-order valence-corrected chi connectivity index (χ4v) is 2.33. The Morgan fingerprint density at radius 2 is 2.06 bits per heavy atom. The van der Waals surface area contributed by atoms with Crippen molar-refractivity contribution in [3.05, 3.63) is 0 Å². The molecule has 0 saturated carbocycles. The van der Waals surface area contributed by atoms with Gasteiger partial charge < -0.3 is 10.1 Å². The molecule has 0 radical (unpaired) electrons. The second-order valence-electron chi connectivity index (χ2n) is 4.53. The second-order valence-corrected chi connectivity index (χ2v) is 4.53. The molecule has 5 heteroatoms. The van der Waals surface area contributed by atoms with Crippen LogP contribution in [-0.4, -0.2) is 49.1 Å². The highest BCUT2D eigenvalue weighted by atomic mass is 16.6. The number of nitrogens with one attached hydrogen (secondary N) is 1. The van der Waals surface area contributed by atoms with Crippen molar-refractivity contribution in [3.8, 4) is 0 Å². The van der Waals surface area contributed by atoms with Crippen LogP contribution >= 0.6 is 0 Å². The van der Waals surface area contributed by atoms with Crippen LogP contribution in [0.2, 0.25) is 0 Å². The summed E-state index contributed by atoms with van der Waals surface area (Å²) in [5.74, 6) is -0.804. The molecule has 16 heavy (non-hydrogen) atoms. The lowest BCUT2D eigenvalue weighted by molar-refractivity contribution is -0.163. The number of likely N-dealkylation sites (N-methyl/N-ethyl adjacent to an activating group) is 1. The van der Waals surface area contributed by atoms with E-state index in [2.05, 4.69) is 5.32 Å². The maximum absolute atomic E-state index is 11.7. The van der Waals surface area contributed by atoms with E-state index in [-0.39, 0.29) is 12.1 Å². The van der Waals surface area contributed by atoms with Crippen LogP contribution in [-0.2, 0) is 14.3 Å². The smallest absolute Gasteiger partial charge is 0.331 e. The van der Waals surface area contributed by atoms with Crippen molar-refractivity contribution in [2.45, 2.75) is 37.8 Å². The lowest BCUT2D eigenvalue weighted by Crippen LogP contribution is -2.40. The highest BCUT2D eigenvalue weighted by molar-refractivity contribution is 5.91. The molecular formula is C11H18N2O3. The molecule has 0 aliphatic carbocycles. The van der Waals surface area contributed by atoms with Crippen molar-refractivity contribution in [1.82, 2.24) is 10.2 Å². The Hall–Kier alpha value is -0.940. The monoisotopic (exact) mass is 226 g/mol. The van der Waals surface area contributed by atoms with E-state index in [9.17, 15) is 9.59 Å². The van der Waals surface area contributed by atoms with E-state index in [1.54, 1.807) is 0 Å². The lowest BCUT2D eigenvalue weighted by atomic mass is 10.2. The second kappa shape index (κ2) is 4.93. The molecule has 90 valence electrons. The van der Waals surface area contributed by atoms with E-state index in [0.717, 1.165) is 38.8 Å². The Labute approximate surface area is 95.1 Å². The summed E-state index contributed by atoms with van der Waals surface area (Å²) in [5, 5.41) is 3.02. The van der Waals surface area contributed by atoms with Gasteiger partial charge in [0.1, 0.15) is 12.1 Å². The van der Waals surface area contributed by atoms with E-state index in [0.29, 0.717) is 0 Å². The number of carbonyl (C=O) groups is 2. The Kier molecular flexibility index (Phi) is 3.56. The first-order valence-electron chi connectivity index (χ1n) is 5.87. The minimum atomic E-state index is -0.414. The molecule has 2 fully saturated rings. The zero-order valence-corrected chi connectivity index (χ0v) is 9.57. The van der Waals surface area contributed by atoms with Crippen LogP contribution in [0.25, 0.3) is 0 Å². The first kappa shape index (κ1) is 11.5. The standard InChI is InChI=1S/C11H18N2O3/c1-13-7-3-5-9(13)11(15)16-10(14)8-4-2-6-12-8/h8-9,12H,2-7H2,1H3/t8-,9-/m0/s1. The van der Waals surface area contributed by atoms with Crippen molar-refractivity contribution in [3.63, 3.8) is 0 Å². The van der Waals surface area contributed by atoms with E-state index in [4.69, 9.17) is 4.74 Å². The fraction of sp³-hybridized carbons (Fsp3) is 0.818. The third-order valence-corrected chi connectivity index (χ3v) is 3.34. The molecule has 2 atom stereocenters. The third kappa shape index (κ3) is 2.41. The molecule has 1 N–H and O–H groups in total. The van der Waals surface area contributed by atoms with Gasteiger partial charge in [0.05, 0.1) is 0 Å². The molecule has 2 saturated heterocycles. The maximum Gasteiger partial charge on any atom is 0.331 e. The summed E-state index contributed by atoms with van der Waals surface area (Å²) in [6.45, 7) is 1.73. The van der Waals surface area contributed by atoms with Crippen LogP contribution < -0.4 is 5.32 Å². The highest BCUT2D eigenvalue weighted by Gasteiger charge is 2.33. The average molecular weight is 226 g/mol. The van der Waals surface area contributed by atoms with Crippen molar-refractivity contribution in [2.24, 2.45) is 0 Å². The topological polar surface area (TPSA) is 58.6 Å². The van der Waals surface area contributed by atoms with Gasteiger partial charge in [-0.15, -0.1) is 0 Å². The van der Waals surface area contributed by atoms with Gasteiger partial charge in [0.15, 0.2) is 0 Å². The lowest BCUT2D eigenvalue weighted by Gasteiger charge is -2.18. The molecule has 2 aliphatic rings. The van der Waals surface area contributed by atoms with E-state index < -0.39 is 11.9 Å². The van der Waals surface area contributed by atoms with Crippen LogP contribution in [0.3, 0.4) is 0 Å². The first-order valence-corrected chi connectivity index (χ1v) is 5.87. The van der Waals surface area contributed by atoms with Crippen LogP contribution in [0.5, 0.6) is 0 Å². The molecule has 2 heterocycles. The Balaban J connectivity index is 1.84. The number of nitrogens with zero attached hydrogens (tertiary/aromatic N) is 1. The van der Waals surface area contributed by atoms with Gasteiger partial charge in [0.2, 0.25) is 0 Å². The Morgan fingerprint density at radius 1 is 1.25 bits per heavy atom. The molecule has 0 amide bonds. The number of hydrogen-bond donors (Lipinski definition) is 1. The predicted molar refractivity (Wildman–Crippen MR) is 57.8 cm³/mol. The van der Waals surface area contributed by atoms with E-state index in [1.165, 1.54) is 0 Å². The van der Waals surface area contributed by atoms with Gasteiger partial charge in [0.25, 0.3) is 0 Å². The minimum Gasteiger partial charge on any atom is -0.391 e. The minimum absolute atomic E-state index is 0.231. The zero-order valence-electron chi connectivity index (χ0n) is 9.57. The number of rotatable bonds is 2. The number of carbonyl (C=O) groups excluding carboxylic acids is 2. The molecule has 0 unspecified atom stereocenters. The van der Waals surface area contributed by atoms with Crippen molar-refractivity contribution in [2.75, 3.05) is 20.1 Å². The van der Waals surface area contributed by atoms with Crippen molar-refractivity contribution >= 4 is 11.9 Å². The van der Waals surface area contributed by atoms with Gasteiger partial charge in [-0.05, 0) is 45.8 Å². The van der Waals surface area contributed by atoms with Gasteiger partial charge in [-0.3, -0.25) is 4.90 Å². The molecule has 2 aliphatic heterocycles. The highest BCUT2D eigenvalue weighted by Crippen LogP contribution is 2.16. The zero-order chi connectivity index (χ0) is 11.5. The molecule has 0 bridgehead atoms. The molecule has 0 aromatic rings. The van der Waals surface area contributed by atoms with Gasteiger partial charge in [0, 0.05) is 0 Å². The van der Waals surface area contributed by atoms with Gasteiger partial charge in [-0.25, -0.2) is 9.59 Å². The quantitative estimate of drug-likeness (QED) is 0.526. The van der Waals surface area contributed by atoms with E-state index in [1.807, 2.05) is 11.9 Å². The summed E-state index contributed by atoms with van der Waals surface area (Å²) >= 11 is 0. The maximum atomic E-state index is 11.7. The fourth-order valence-electron chi connectivity index (χ4n) is 2.33. The Bertz CT molecular complexity index is 287. The van der Waals surface area contributed by atoms with Crippen molar-refractivity contribution in [1.29, 1.82) is 0 Å². The van der Waals surface area contributed by atoms with Crippen LogP contribution in [0.1, 0.15) is 25.7 Å². The molecular weight excluding hydrogens is 208 g/mol. The third-order valence-electron chi connectivity index (χ3n) is 3.34. The molecule has 5 nitrogen and oxygen atoms in total. The molecule has 0 aromatic heterocycles. The summed E-state index contributed by atoms with van der Waals surface area (Å²) in [6, 6.07) is -0.513. The SMILES string of the molecule is CN1CCC[C@H]1C(=O)OC(=O)[C@@H]1CCCN1. The summed E-state index contributed by atoms with van der Waals surface area (Å²) in [4.78, 5) is 25.2. The number of ether oxygens (including phenoxy) is 1. The average Bonchev–Trinajstić information content (AvgIpc) is 2.86. The van der Waals surface area contributed by atoms with Crippen LogP contribution in [0, 0.1) is 0 Å². The number of likely N-dealkylation sites (tertiary alicyclic amines) is 1. The largest absolute Gasteiger partial charge is 0.391 e. The number of hydrogen-bond acceptors (Lipinski definition) is 5. The summed E-state index contributed by atoms with van der Waals surface area (Å²) in [6.07, 6.45) is 3.52. The van der Waals surface area contributed by atoms with Gasteiger partial charge in [-0.2, -0.15) is 0 Å². The Morgan fingerprint density at radius 3 is 2.62 bits per heavy atom. The first-order chi connectivity index (χ1) is 7.68. The molecule has 0 spiro atoms. The van der Waals surface area contributed by atoms with Crippen LogP contribution in [0.4, 0.5) is 0 Å². The summed E-state index contributed by atoms with van der Waals surface area (Å²) in [5.41, 5.74) is 0. The van der Waals surface area contributed by atoms with Crippen LogP contribution in [0.15, 0.2) is 0 Å². The van der Waals surface area contributed by atoms with Gasteiger partial charge in [-0.1, -0.05) is 0 Å². The summed E-state index contributed by atoms with van der Waals surface area (Å²) < 4.78 is 4.91. The molecule has 2 rings (SSSR count).